The molecular formula is C18H24. The average molecular weight is 240 g/mol. The molecule has 0 amide bonds. The zero-order valence-corrected chi connectivity index (χ0v) is 12.3. The molecule has 0 saturated carbocycles. The fourth-order valence-electron chi connectivity index (χ4n) is 3.19. The van der Waals surface area contributed by atoms with E-state index in [0.717, 1.165) is 6.42 Å². The standard InChI is InChI=1S/C18H24/c1-12-6-13(2)10-17(9-12)11-18-15(4)7-14(3)8-16(18)5/h6-9,13H,10-11H2,1-5H3. The Morgan fingerprint density at radius 1 is 1.06 bits per heavy atom. The predicted octanol–water partition coefficient (Wildman–Crippen LogP) is 5.07. The first kappa shape index (κ1) is 13.1. The zero-order chi connectivity index (χ0) is 13.3. The molecule has 0 saturated heterocycles. The van der Waals surface area contributed by atoms with Crippen molar-refractivity contribution in [3.63, 3.8) is 0 Å². The second-order valence-electron chi connectivity index (χ2n) is 5.95. The monoisotopic (exact) mass is 240 g/mol. The first-order chi connectivity index (χ1) is 8.45. The molecule has 2 rings (SSSR count). The number of aryl methyl sites for hydroxylation is 3. The minimum Gasteiger partial charge on any atom is -0.0784 e. The van der Waals surface area contributed by atoms with Crippen LogP contribution in [0.25, 0.3) is 0 Å². The normalized spacial score (nSPS) is 19.5. The number of rotatable bonds is 2. The molecule has 1 atom stereocenters. The van der Waals surface area contributed by atoms with Gasteiger partial charge in [-0.3, -0.25) is 0 Å². The molecule has 0 bridgehead atoms. The van der Waals surface area contributed by atoms with E-state index in [9.17, 15) is 0 Å². The molecule has 1 aliphatic rings. The fraction of sp³-hybridized carbons (Fsp3) is 0.444. The van der Waals surface area contributed by atoms with Crippen LogP contribution in [0, 0.1) is 26.7 Å². The maximum atomic E-state index is 2.37. The molecule has 0 N–H and O–H groups in total. The Labute approximate surface area is 111 Å². The third-order valence-electron chi connectivity index (χ3n) is 3.81. The third kappa shape index (κ3) is 2.93. The van der Waals surface area contributed by atoms with Crippen LogP contribution in [-0.2, 0) is 6.42 Å². The van der Waals surface area contributed by atoms with Gasteiger partial charge in [0.2, 0.25) is 0 Å². The summed E-state index contributed by atoms with van der Waals surface area (Å²) in [5, 5.41) is 0. The quantitative estimate of drug-likeness (QED) is 0.677. The van der Waals surface area contributed by atoms with E-state index in [1.165, 1.54) is 34.2 Å². The molecular weight excluding hydrogens is 216 g/mol. The molecule has 0 heteroatoms. The maximum absolute atomic E-state index is 2.37. The Kier molecular flexibility index (Phi) is 3.75. The molecule has 1 aliphatic carbocycles. The summed E-state index contributed by atoms with van der Waals surface area (Å²) in [4.78, 5) is 0. The van der Waals surface area contributed by atoms with E-state index in [1.54, 1.807) is 5.57 Å². The smallest absolute Gasteiger partial charge is 0.00584 e. The third-order valence-corrected chi connectivity index (χ3v) is 3.81. The molecule has 0 fully saturated rings. The van der Waals surface area contributed by atoms with Gasteiger partial charge in [-0.25, -0.2) is 0 Å². The van der Waals surface area contributed by atoms with E-state index in [2.05, 4.69) is 58.9 Å². The predicted molar refractivity (Wildman–Crippen MR) is 80.0 cm³/mol. The molecule has 0 heterocycles. The molecule has 96 valence electrons. The zero-order valence-electron chi connectivity index (χ0n) is 12.3. The lowest BCUT2D eigenvalue weighted by atomic mass is 9.86. The van der Waals surface area contributed by atoms with E-state index >= 15 is 0 Å². The van der Waals surface area contributed by atoms with Gasteiger partial charge >= 0.3 is 0 Å². The lowest BCUT2D eigenvalue weighted by Gasteiger charge is -2.19. The highest BCUT2D eigenvalue weighted by molar-refractivity contribution is 5.41. The Hall–Kier alpha value is -1.30. The van der Waals surface area contributed by atoms with Crippen LogP contribution in [0.1, 0.15) is 42.5 Å². The summed E-state index contributed by atoms with van der Waals surface area (Å²) in [6.45, 7) is 11.2. The van der Waals surface area contributed by atoms with Gasteiger partial charge in [0, 0.05) is 0 Å². The van der Waals surface area contributed by atoms with Gasteiger partial charge in [-0.2, -0.15) is 0 Å². The van der Waals surface area contributed by atoms with Crippen molar-refractivity contribution in [2.75, 3.05) is 0 Å². The van der Waals surface area contributed by atoms with Gasteiger partial charge in [-0.1, -0.05) is 47.9 Å². The lowest BCUT2D eigenvalue weighted by molar-refractivity contribution is 0.685. The second kappa shape index (κ2) is 5.14. The van der Waals surface area contributed by atoms with Gasteiger partial charge < -0.3 is 0 Å². The molecule has 1 aromatic carbocycles. The summed E-state index contributed by atoms with van der Waals surface area (Å²) in [7, 11) is 0. The van der Waals surface area contributed by atoms with Crippen LogP contribution >= 0.6 is 0 Å². The summed E-state index contributed by atoms with van der Waals surface area (Å²) >= 11 is 0. The first-order valence-corrected chi connectivity index (χ1v) is 6.90. The van der Waals surface area contributed by atoms with Gasteiger partial charge in [0.15, 0.2) is 0 Å². The van der Waals surface area contributed by atoms with Crippen LogP contribution in [0.2, 0.25) is 0 Å². The van der Waals surface area contributed by atoms with Gasteiger partial charge in [0.25, 0.3) is 0 Å². The number of benzene rings is 1. The summed E-state index contributed by atoms with van der Waals surface area (Å²) in [6, 6.07) is 4.61. The van der Waals surface area contributed by atoms with Crippen LogP contribution in [-0.4, -0.2) is 0 Å². The van der Waals surface area contributed by atoms with Crippen molar-refractivity contribution in [3.05, 3.63) is 57.7 Å². The van der Waals surface area contributed by atoms with Gasteiger partial charge in [-0.05, 0) is 63.1 Å². The van der Waals surface area contributed by atoms with Crippen molar-refractivity contribution in [2.45, 2.75) is 47.5 Å². The topological polar surface area (TPSA) is 0 Å². The highest BCUT2D eigenvalue weighted by Crippen LogP contribution is 2.27. The number of hydrogen-bond acceptors (Lipinski definition) is 0. The Bertz CT molecular complexity index is 492. The van der Waals surface area contributed by atoms with Crippen LogP contribution in [0.5, 0.6) is 0 Å². The average Bonchev–Trinajstić information content (AvgIpc) is 2.22. The van der Waals surface area contributed by atoms with E-state index in [0.29, 0.717) is 5.92 Å². The van der Waals surface area contributed by atoms with Gasteiger partial charge in [-0.15, -0.1) is 0 Å². The van der Waals surface area contributed by atoms with Crippen molar-refractivity contribution in [2.24, 2.45) is 5.92 Å². The van der Waals surface area contributed by atoms with E-state index in [1.807, 2.05) is 0 Å². The van der Waals surface area contributed by atoms with Crippen molar-refractivity contribution in [1.82, 2.24) is 0 Å². The molecule has 1 unspecified atom stereocenters. The van der Waals surface area contributed by atoms with Crippen molar-refractivity contribution < 1.29 is 0 Å². The molecule has 0 aromatic heterocycles. The van der Waals surface area contributed by atoms with Crippen molar-refractivity contribution in [3.8, 4) is 0 Å². The Morgan fingerprint density at radius 3 is 2.22 bits per heavy atom. The Morgan fingerprint density at radius 2 is 1.67 bits per heavy atom. The van der Waals surface area contributed by atoms with Crippen LogP contribution in [0.15, 0.2) is 35.4 Å². The van der Waals surface area contributed by atoms with Gasteiger partial charge in [0.1, 0.15) is 0 Å². The summed E-state index contributed by atoms with van der Waals surface area (Å²) in [5.74, 6) is 0.691. The molecule has 0 radical (unpaired) electrons. The Balaban J connectivity index is 2.28. The lowest BCUT2D eigenvalue weighted by Crippen LogP contribution is -2.05. The molecule has 0 nitrogen and oxygen atoms in total. The van der Waals surface area contributed by atoms with E-state index in [4.69, 9.17) is 0 Å². The van der Waals surface area contributed by atoms with E-state index < -0.39 is 0 Å². The van der Waals surface area contributed by atoms with Crippen molar-refractivity contribution in [1.29, 1.82) is 0 Å². The minimum atomic E-state index is 0.691. The van der Waals surface area contributed by atoms with Crippen LogP contribution < -0.4 is 0 Å². The highest BCUT2D eigenvalue weighted by atomic mass is 14.2. The molecule has 1 aromatic rings. The maximum Gasteiger partial charge on any atom is -0.00584 e. The first-order valence-electron chi connectivity index (χ1n) is 6.90. The summed E-state index contributed by atoms with van der Waals surface area (Å²) in [6.07, 6.45) is 7.08. The summed E-state index contributed by atoms with van der Waals surface area (Å²) < 4.78 is 0. The van der Waals surface area contributed by atoms with Crippen molar-refractivity contribution >= 4 is 0 Å². The molecule has 0 aliphatic heterocycles. The van der Waals surface area contributed by atoms with Gasteiger partial charge in [0.05, 0.1) is 0 Å². The van der Waals surface area contributed by atoms with E-state index in [-0.39, 0.29) is 0 Å². The largest absolute Gasteiger partial charge is 0.0784 e. The second-order valence-corrected chi connectivity index (χ2v) is 5.95. The highest BCUT2D eigenvalue weighted by Gasteiger charge is 2.12. The number of allylic oxidation sites excluding steroid dienone is 4. The number of hydrogen-bond donors (Lipinski definition) is 0. The molecule has 0 spiro atoms. The minimum absolute atomic E-state index is 0.691. The van der Waals surface area contributed by atoms with Crippen LogP contribution in [0.4, 0.5) is 0 Å². The SMILES string of the molecule is CC1=CC(C)CC(Cc2c(C)cc(C)cc2C)=C1. The van der Waals surface area contributed by atoms with Crippen LogP contribution in [0.3, 0.4) is 0 Å². The fourth-order valence-corrected chi connectivity index (χ4v) is 3.19. The summed E-state index contributed by atoms with van der Waals surface area (Å²) in [5.41, 5.74) is 8.77. The molecule has 18 heavy (non-hydrogen) atoms.